The highest BCUT2D eigenvalue weighted by Crippen LogP contribution is 2.25. The molecule has 0 aliphatic carbocycles. The number of pyridine rings is 1. The van der Waals surface area contributed by atoms with Crippen molar-refractivity contribution in [3.8, 4) is 12.3 Å². The van der Waals surface area contributed by atoms with Crippen LogP contribution in [0.3, 0.4) is 0 Å². The van der Waals surface area contributed by atoms with Crippen LogP contribution < -0.4 is 11.3 Å². The lowest BCUT2D eigenvalue weighted by Crippen LogP contribution is -2.28. The fraction of sp³-hybridized carbons (Fsp3) is 0.267. The Bertz CT molecular complexity index is 552. The fourth-order valence-corrected chi connectivity index (χ4v) is 2.16. The van der Waals surface area contributed by atoms with Crippen molar-refractivity contribution in [3.63, 3.8) is 0 Å². The van der Waals surface area contributed by atoms with Crippen LogP contribution in [0.5, 0.6) is 0 Å². The van der Waals surface area contributed by atoms with Crippen LogP contribution in [0.4, 0.5) is 0 Å². The van der Waals surface area contributed by atoms with Gasteiger partial charge < -0.3 is 0 Å². The number of para-hydroxylation sites is 1. The number of hydrazine groups is 1. The maximum Gasteiger partial charge on any atom is 0.0705 e. The van der Waals surface area contributed by atoms with Gasteiger partial charge in [-0.05, 0) is 30.5 Å². The molecule has 0 aliphatic rings. The van der Waals surface area contributed by atoms with E-state index in [0.717, 1.165) is 30.2 Å². The van der Waals surface area contributed by atoms with Gasteiger partial charge in [-0.15, -0.1) is 12.3 Å². The van der Waals surface area contributed by atoms with Gasteiger partial charge in [0.1, 0.15) is 0 Å². The van der Waals surface area contributed by atoms with Crippen molar-refractivity contribution in [2.45, 2.75) is 25.3 Å². The van der Waals surface area contributed by atoms with Crippen molar-refractivity contribution >= 4 is 10.9 Å². The van der Waals surface area contributed by atoms with E-state index in [4.69, 9.17) is 12.3 Å². The molecule has 0 saturated carbocycles. The lowest BCUT2D eigenvalue weighted by molar-refractivity contribution is 0.505. The molecule has 1 unspecified atom stereocenters. The van der Waals surface area contributed by atoms with Gasteiger partial charge in [0, 0.05) is 24.0 Å². The van der Waals surface area contributed by atoms with Crippen LogP contribution in [-0.4, -0.2) is 4.98 Å². The molecule has 1 atom stereocenters. The summed E-state index contributed by atoms with van der Waals surface area (Å²) in [6, 6.07) is 10.2. The third kappa shape index (κ3) is 2.67. The van der Waals surface area contributed by atoms with Gasteiger partial charge in [-0.2, -0.15) is 0 Å². The van der Waals surface area contributed by atoms with Gasteiger partial charge in [0.2, 0.25) is 0 Å². The number of rotatable bonds is 5. The number of benzene rings is 1. The zero-order chi connectivity index (χ0) is 12.8. The van der Waals surface area contributed by atoms with Crippen molar-refractivity contribution in [3.05, 3.63) is 42.1 Å². The average Bonchev–Trinajstić information content (AvgIpc) is 2.43. The lowest BCUT2D eigenvalue weighted by atomic mass is 9.98. The summed E-state index contributed by atoms with van der Waals surface area (Å²) in [5.41, 5.74) is 5.05. The van der Waals surface area contributed by atoms with E-state index in [1.54, 1.807) is 0 Å². The molecule has 0 aliphatic heterocycles. The first-order valence-electron chi connectivity index (χ1n) is 6.10. The van der Waals surface area contributed by atoms with Gasteiger partial charge in [-0.25, -0.2) is 0 Å². The van der Waals surface area contributed by atoms with Crippen molar-refractivity contribution in [2.24, 2.45) is 5.84 Å². The third-order valence-electron chi connectivity index (χ3n) is 3.07. The minimum atomic E-state index is 0.117. The van der Waals surface area contributed by atoms with E-state index in [0.29, 0.717) is 0 Å². The number of nitrogens with one attached hydrogen (secondary N) is 1. The Morgan fingerprint density at radius 1 is 1.33 bits per heavy atom. The number of aromatic nitrogens is 1. The molecule has 1 aromatic carbocycles. The molecule has 0 radical (unpaired) electrons. The van der Waals surface area contributed by atoms with Crippen LogP contribution in [-0.2, 0) is 0 Å². The molecule has 0 fully saturated rings. The van der Waals surface area contributed by atoms with E-state index in [1.165, 1.54) is 5.56 Å². The van der Waals surface area contributed by atoms with Crippen LogP contribution in [0.15, 0.2) is 36.5 Å². The lowest BCUT2D eigenvalue weighted by Gasteiger charge is -2.17. The summed E-state index contributed by atoms with van der Waals surface area (Å²) in [6.45, 7) is 0. The van der Waals surface area contributed by atoms with Gasteiger partial charge in [0.05, 0.1) is 5.52 Å². The van der Waals surface area contributed by atoms with E-state index < -0.39 is 0 Å². The molecular formula is C15H17N3. The van der Waals surface area contributed by atoms with Gasteiger partial charge in [-0.3, -0.25) is 16.3 Å². The van der Waals surface area contributed by atoms with Crippen molar-refractivity contribution in [2.75, 3.05) is 0 Å². The minimum absolute atomic E-state index is 0.117. The molecule has 2 aromatic rings. The highest BCUT2D eigenvalue weighted by Gasteiger charge is 2.12. The summed E-state index contributed by atoms with van der Waals surface area (Å²) in [7, 11) is 0. The SMILES string of the molecule is C#CCCCC(NN)c1ccnc2ccccc12. The molecule has 1 heterocycles. The molecule has 0 spiro atoms. The molecule has 3 heteroatoms. The molecule has 3 N–H and O–H groups in total. The number of hydrogen-bond donors (Lipinski definition) is 2. The monoisotopic (exact) mass is 239 g/mol. The standard InChI is InChI=1S/C15H17N3/c1-2-3-4-9-15(18-16)13-10-11-17-14-8-6-5-7-12(13)14/h1,5-8,10-11,15,18H,3-4,9,16H2. The average molecular weight is 239 g/mol. The van der Waals surface area contributed by atoms with E-state index in [9.17, 15) is 0 Å². The number of hydrogen-bond acceptors (Lipinski definition) is 3. The third-order valence-corrected chi connectivity index (χ3v) is 3.07. The number of fused-ring (bicyclic) bond motifs is 1. The molecule has 92 valence electrons. The van der Waals surface area contributed by atoms with Crippen LogP contribution in [0, 0.1) is 12.3 Å². The molecule has 3 nitrogen and oxygen atoms in total. The number of terminal acetylenes is 1. The molecule has 18 heavy (non-hydrogen) atoms. The number of unbranched alkanes of at least 4 members (excludes halogenated alkanes) is 1. The second-order valence-corrected chi connectivity index (χ2v) is 4.23. The van der Waals surface area contributed by atoms with E-state index in [1.807, 2.05) is 30.5 Å². The quantitative estimate of drug-likeness (QED) is 0.365. The van der Waals surface area contributed by atoms with Gasteiger partial charge in [-0.1, -0.05) is 18.2 Å². The summed E-state index contributed by atoms with van der Waals surface area (Å²) in [5, 5.41) is 1.14. The Kier molecular flexibility index (Phi) is 4.30. The normalized spacial score (nSPS) is 12.2. The Labute approximate surface area is 107 Å². The Hall–Kier alpha value is -1.89. The topological polar surface area (TPSA) is 50.9 Å². The van der Waals surface area contributed by atoms with Gasteiger partial charge in [0.15, 0.2) is 0 Å². The van der Waals surface area contributed by atoms with Crippen molar-refractivity contribution in [1.82, 2.24) is 10.4 Å². The van der Waals surface area contributed by atoms with Crippen LogP contribution in [0.1, 0.15) is 30.9 Å². The van der Waals surface area contributed by atoms with Gasteiger partial charge in [0.25, 0.3) is 0 Å². The van der Waals surface area contributed by atoms with E-state index >= 15 is 0 Å². The van der Waals surface area contributed by atoms with Crippen LogP contribution >= 0.6 is 0 Å². The predicted molar refractivity (Wildman–Crippen MR) is 74.5 cm³/mol. The maximum absolute atomic E-state index is 5.66. The Balaban J connectivity index is 2.30. The van der Waals surface area contributed by atoms with Crippen LogP contribution in [0.2, 0.25) is 0 Å². The minimum Gasteiger partial charge on any atom is -0.271 e. The van der Waals surface area contributed by atoms with Crippen LogP contribution in [0.25, 0.3) is 10.9 Å². The first-order valence-corrected chi connectivity index (χ1v) is 6.10. The fourth-order valence-electron chi connectivity index (χ4n) is 2.16. The van der Waals surface area contributed by atoms with Crippen molar-refractivity contribution < 1.29 is 0 Å². The molecule has 0 bridgehead atoms. The number of nitrogens with zero attached hydrogens (tertiary/aromatic N) is 1. The highest BCUT2D eigenvalue weighted by molar-refractivity contribution is 5.82. The zero-order valence-corrected chi connectivity index (χ0v) is 10.3. The molecule has 2 rings (SSSR count). The molecule has 0 amide bonds. The van der Waals surface area contributed by atoms with E-state index in [-0.39, 0.29) is 6.04 Å². The highest BCUT2D eigenvalue weighted by atomic mass is 15.2. The van der Waals surface area contributed by atoms with Gasteiger partial charge >= 0.3 is 0 Å². The Morgan fingerprint density at radius 2 is 2.17 bits per heavy atom. The summed E-state index contributed by atoms with van der Waals surface area (Å²) >= 11 is 0. The molecule has 1 aromatic heterocycles. The zero-order valence-electron chi connectivity index (χ0n) is 10.3. The number of nitrogens with two attached hydrogens (primary N) is 1. The first-order chi connectivity index (χ1) is 8.86. The summed E-state index contributed by atoms with van der Waals surface area (Å²) in [5.74, 6) is 8.31. The summed E-state index contributed by atoms with van der Waals surface area (Å²) in [4.78, 5) is 4.35. The van der Waals surface area contributed by atoms with Crippen molar-refractivity contribution in [1.29, 1.82) is 0 Å². The maximum atomic E-state index is 5.66. The predicted octanol–water partition coefficient (Wildman–Crippen LogP) is 2.54. The van der Waals surface area contributed by atoms with E-state index in [2.05, 4.69) is 22.4 Å². The first kappa shape index (κ1) is 12.6. The molecular weight excluding hydrogens is 222 g/mol. The Morgan fingerprint density at radius 3 is 2.94 bits per heavy atom. The summed E-state index contributed by atoms with van der Waals surface area (Å²) in [6.07, 6.45) is 9.76. The second-order valence-electron chi connectivity index (χ2n) is 4.23. The summed E-state index contributed by atoms with van der Waals surface area (Å²) < 4.78 is 0. The largest absolute Gasteiger partial charge is 0.271 e. The molecule has 0 saturated heterocycles. The second kappa shape index (κ2) is 6.15. The smallest absolute Gasteiger partial charge is 0.0705 e.